The molecule has 9 nitrogen and oxygen atoms in total. The lowest BCUT2D eigenvalue weighted by atomic mass is 10.1. The molecule has 164 valence electrons. The van der Waals surface area contributed by atoms with Crippen LogP contribution < -0.4 is 4.90 Å². The van der Waals surface area contributed by atoms with Crippen molar-refractivity contribution in [2.75, 3.05) is 11.4 Å². The van der Waals surface area contributed by atoms with Crippen molar-refractivity contribution in [2.24, 2.45) is 0 Å². The molecule has 2 heterocycles. The number of hydrogen-bond acceptors (Lipinski definition) is 7. The molecule has 0 spiro atoms. The molecule has 0 saturated carbocycles. The number of hydrogen-bond donors (Lipinski definition) is 0. The van der Waals surface area contributed by atoms with Gasteiger partial charge in [-0.05, 0) is 24.5 Å². The van der Waals surface area contributed by atoms with Crippen LogP contribution in [0, 0.1) is 10.1 Å². The molecule has 1 unspecified atom stereocenters. The van der Waals surface area contributed by atoms with E-state index in [-0.39, 0.29) is 18.2 Å². The van der Waals surface area contributed by atoms with Crippen LogP contribution in [0.25, 0.3) is 0 Å². The minimum absolute atomic E-state index is 0.109. The molecular weight excluding hydrogens is 432 g/mol. The second-order valence-corrected chi connectivity index (χ2v) is 8.03. The van der Waals surface area contributed by atoms with Crippen LogP contribution in [0.4, 0.5) is 21.3 Å². The maximum atomic E-state index is 13.6. The number of anilines is 2. The molecule has 1 fully saturated rings. The number of carbonyl (C=O) groups is 2. The lowest BCUT2D eigenvalue weighted by Crippen LogP contribution is -2.46. The number of rotatable bonds is 6. The van der Waals surface area contributed by atoms with E-state index in [0.717, 1.165) is 5.56 Å². The number of ether oxygens (including phenoxy) is 1. The number of benzene rings is 2. The molecule has 0 radical (unpaired) electrons. The van der Waals surface area contributed by atoms with Crippen molar-refractivity contribution in [2.45, 2.75) is 25.5 Å². The van der Waals surface area contributed by atoms with E-state index in [9.17, 15) is 19.7 Å². The number of amides is 2. The molecule has 2 amide bonds. The molecule has 0 N–H and O–H groups in total. The Bertz CT molecular complexity index is 1110. The zero-order chi connectivity index (χ0) is 22.5. The van der Waals surface area contributed by atoms with Crippen molar-refractivity contribution in [1.82, 2.24) is 9.88 Å². The molecule has 0 aliphatic carbocycles. The normalized spacial score (nSPS) is 15.4. The first-order valence-corrected chi connectivity index (χ1v) is 10.9. The predicted molar refractivity (Wildman–Crippen MR) is 119 cm³/mol. The van der Waals surface area contributed by atoms with Gasteiger partial charge in [-0.1, -0.05) is 36.4 Å². The van der Waals surface area contributed by atoms with E-state index < -0.39 is 17.1 Å². The molecule has 1 aromatic heterocycles. The van der Waals surface area contributed by atoms with Crippen LogP contribution in [0.1, 0.15) is 18.4 Å². The average Bonchev–Trinajstić information content (AvgIpc) is 3.51. The van der Waals surface area contributed by atoms with Crippen LogP contribution in [0.5, 0.6) is 0 Å². The summed E-state index contributed by atoms with van der Waals surface area (Å²) < 4.78 is 5.43. The Morgan fingerprint density at radius 1 is 1.22 bits per heavy atom. The molecule has 4 rings (SSSR count). The fourth-order valence-electron chi connectivity index (χ4n) is 3.60. The third kappa shape index (κ3) is 4.59. The first-order valence-electron chi connectivity index (χ1n) is 10.00. The summed E-state index contributed by atoms with van der Waals surface area (Å²) in [6.07, 6.45) is 2.11. The number of nitro benzene ring substituents is 1. The highest BCUT2D eigenvalue weighted by atomic mass is 32.1. The first kappa shape index (κ1) is 21.4. The second-order valence-electron chi connectivity index (χ2n) is 7.16. The lowest BCUT2D eigenvalue weighted by molar-refractivity contribution is -0.384. The number of aromatic nitrogens is 1. The van der Waals surface area contributed by atoms with Gasteiger partial charge >= 0.3 is 6.09 Å². The standard InChI is InChI=1S/C22H20N4O5S/c27-20(19-10-5-12-24(19)22(28)31-15-16-6-2-1-3-7-16)25(21-23-11-13-32-21)17-8-4-9-18(14-17)26(29)30/h1-4,6-9,11,13-14,19H,5,10,12,15H2. The summed E-state index contributed by atoms with van der Waals surface area (Å²) in [5.41, 5.74) is 1.04. The highest BCUT2D eigenvalue weighted by Crippen LogP contribution is 2.33. The van der Waals surface area contributed by atoms with Crippen molar-refractivity contribution in [3.63, 3.8) is 0 Å². The molecular formula is C22H20N4O5S. The van der Waals surface area contributed by atoms with E-state index in [1.165, 1.54) is 39.3 Å². The summed E-state index contributed by atoms with van der Waals surface area (Å²) in [6.45, 7) is 0.503. The average molecular weight is 452 g/mol. The van der Waals surface area contributed by atoms with Gasteiger partial charge in [0.05, 0.1) is 10.6 Å². The SMILES string of the molecule is O=C(C1CCCN1C(=O)OCc1ccccc1)N(c1cccc([N+](=O)[O-])c1)c1nccs1. The van der Waals surface area contributed by atoms with E-state index in [0.29, 0.717) is 30.2 Å². The highest BCUT2D eigenvalue weighted by Gasteiger charge is 2.39. The van der Waals surface area contributed by atoms with E-state index in [1.807, 2.05) is 30.3 Å². The highest BCUT2D eigenvalue weighted by molar-refractivity contribution is 7.13. The van der Waals surface area contributed by atoms with E-state index in [2.05, 4.69) is 4.98 Å². The number of carbonyl (C=O) groups excluding carboxylic acids is 2. The van der Waals surface area contributed by atoms with Crippen LogP contribution in [-0.2, 0) is 16.1 Å². The molecule has 3 aromatic rings. The fourth-order valence-corrected chi connectivity index (χ4v) is 4.26. The van der Waals surface area contributed by atoms with Gasteiger partial charge in [0.25, 0.3) is 11.6 Å². The number of non-ortho nitro benzene ring substituents is 1. The summed E-state index contributed by atoms with van der Waals surface area (Å²) in [4.78, 5) is 44.0. The Morgan fingerprint density at radius 3 is 2.75 bits per heavy atom. The lowest BCUT2D eigenvalue weighted by Gasteiger charge is -2.28. The summed E-state index contributed by atoms with van der Waals surface area (Å²) in [5.74, 6) is -0.380. The van der Waals surface area contributed by atoms with E-state index in [4.69, 9.17) is 4.74 Å². The number of thiazole rings is 1. The Kier molecular flexibility index (Phi) is 6.41. The molecule has 1 aliphatic heterocycles. The third-order valence-corrected chi connectivity index (χ3v) is 5.86. The number of likely N-dealkylation sites (tertiary alicyclic amines) is 1. The quantitative estimate of drug-likeness (QED) is 0.402. The molecule has 1 aliphatic rings. The van der Waals surface area contributed by atoms with Gasteiger partial charge < -0.3 is 4.74 Å². The van der Waals surface area contributed by atoms with Crippen LogP contribution >= 0.6 is 11.3 Å². The van der Waals surface area contributed by atoms with E-state index in [1.54, 1.807) is 17.6 Å². The van der Waals surface area contributed by atoms with Gasteiger partial charge in [0, 0.05) is 30.3 Å². The topological polar surface area (TPSA) is 106 Å². The zero-order valence-corrected chi connectivity index (χ0v) is 17.8. The molecule has 10 heteroatoms. The molecule has 0 bridgehead atoms. The number of nitro groups is 1. The molecule has 32 heavy (non-hydrogen) atoms. The smallest absolute Gasteiger partial charge is 0.410 e. The van der Waals surface area contributed by atoms with Gasteiger partial charge in [0.1, 0.15) is 12.6 Å². The van der Waals surface area contributed by atoms with Crippen molar-refractivity contribution < 1.29 is 19.2 Å². The largest absolute Gasteiger partial charge is 0.445 e. The summed E-state index contributed by atoms with van der Waals surface area (Å²) in [7, 11) is 0. The second kappa shape index (κ2) is 9.56. The van der Waals surface area contributed by atoms with Gasteiger partial charge in [0.15, 0.2) is 5.13 Å². The van der Waals surface area contributed by atoms with Crippen LogP contribution in [0.3, 0.4) is 0 Å². The van der Waals surface area contributed by atoms with Crippen molar-refractivity contribution in [3.8, 4) is 0 Å². The van der Waals surface area contributed by atoms with Crippen molar-refractivity contribution >= 4 is 39.8 Å². The minimum atomic E-state index is -0.749. The van der Waals surface area contributed by atoms with Crippen LogP contribution in [0.2, 0.25) is 0 Å². The van der Waals surface area contributed by atoms with Crippen molar-refractivity contribution in [3.05, 3.63) is 81.9 Å². The maximum absolute atomic E-state index is 13.6. The van der Waals surface area contributed by atoms with Gasteiger partial charge in [-0.15, -0.1) is 11.3 Å². The summed E-state index contributed by atoms with van der Waals surface area (Å²) in [6, 6.07) is 14.4. The third-order valence-electron chi connectivity index (χ3n) is 5.11. The minimum Gasteiger partial charge on any atom is -0.445 e. The Labute approximate surface area is 188 Å². The van der Waals surface area contributed by atoms with Crippen LogP contribution in [-0.4, -0.2) is 39.4 Å². The van der Waals surface area contributed by atoms with Gasteiger partial charge in [-0.2, -0.15) is 0 Å². The monoisotopic (exact) mass is 452 g/mol. The Balaban J connectivity index is 1.57. The van der Waals surface area contributed by atoms with Gasteiger partial charge in [-0.3, -0.25) is 24.7 Å². The van der Waals surface area contributed by atoms with E-state index >= 15 is 0 Å². The van der Waals surface area contributed by atoms with Crippen LogP contribution in [0.15, 0.2) is 66.2 Å². The summed E-state index contributed by atoms with van der Waals surface area (Å²) >= 11 is 1.23. The molecule has 1 saturated heterocycles. The molecule has 1 atom stereocenters. The van der Waals surface area contributed by atoms with Gasteiger partial charge in [0.2, 0.25) is 0 Å². The molecule has 2 aromatic carbocycles. The first-order chi connectivity index (χ1) is 15.5. The Morgan fingerprint density at radius 2 is 2.03 bits per heavy atom. The Hall–Kier alpha value is -3.79. The fraction of sp³-hybridized carbons (Fsp3) is 0.227. The van der Waals surface area contributed by atoms with Crippen molar-refractivity contribution in [1.29, 1.82) is 0 Å². The maximum Gasteiger partial charge on any atom is 0.410 e. The zero-order valence-electron chi connectivity index (χ0n) is 17.0. The number of nitrogens with zero attached hydrogens (tertiary/aromatic N) is 4. The predicted octanol–water partition coefficient (Wildman–Crippen LogP) is 4.52. The summed E-state index contributed by atoms with van der Waals surface area (Å²) in [5, 5.41) is 13.3. The van der Waals surface area contributed by atoms with Gasteiger partial charge in [-0.25, -0.2) is 9.78 Å².